The van der Waals surface area contributed by atoms with Crippen LogP contribution in [0.15, 0.2) is 36.7 Å². The van der Waals surface area contributed by atoms with E-state index in [1.54, 1.807) is 37.2 Å². The molecular formula is C22H24F3N5O. The van der Waals surface area contributed by atoms with Gasteiger partial charge in [0.2, 0.25) is 5.91 Å². The van der Waals surface area contributed by atoms with Crippen molar-refractivity contribution < 1.29 is 18.0 Å². The number of pyridine rings is 1. The summed E-state index contributed by atoms with van der Waals surface area (Å²) in [6.07, 6.45) is 1.20. The van der Waals surface area contributed by atoms with Gasteiger partial charge in [0, 0.05) is 37.1 Å². The van der Waals surface area contributed by atoms with Crippen molar-refractivity contribution in [3.63, 3.8) is 0 Å². The summed E-state index contributed by atoms with van der Waals surface area (Å²) in [5, 5.41) is 4.24. The van der Waals surface area contributed by atoms with Gasteiger partial charge in [0.15, 0.2) is 5.65 Å². The molecule has 3 aromatic heterocycles. The number of halogens is 3. The summed E-state index contributed by atoms with van der Waals surface area (Å²) in [6, 6.07) is 6.04. The van der Waals surface area contributed by atoms with E-state index in [0.717, 1.165) is 22.6 Å². The molecule has 164 valence electrons. The largest absolute Gasteiger partial charge is 0.433 e. The van der Waals surface area contributed by atoms with Crippen LogP contribution in [0.1, 0.15) is 67.7 Å². The van der Waals surface area contributed by atoms with Gasteiger partial charge in [0.25, 0.3) is 0 Å². The third-order valence-corrected chi connectivity index (χ3v) is 5.61. The third-order valence-electron chi connectivity index (χ3n) is 5.61. The standard InChI is InChI=1S/C22H24F3N5O/c1-14(2)16-11-19(22(23,24)25)30-20(27-16)12-17(28-30)18-6-4-10-29(18)21(31)8-7-15-5-3-9-26-13-15/h3,5,9,11-14,18H,4,6-8,10H2,1-2H3. The Balaban J connectivity index is 1.62. The normalized spacial score (nSPS) is 17.1. The summed E-state index contributed by atoms with van der Waals surface area (Å²) in [7, 11) is 0. The van der Waals surface area contributed by atoms with Gasteiger partial charge >= 0.3 is 6.18 Å². The summed E-state index contributed by atoms with van der Waals surface area (Å²) in [6.45, 7) is 4.17. The number of alkyl halides is 3. The molecule has 0 spiro atoms. The number of aromatic nitrogens is 4. The van der Waals surface area contributed by atoms with E-state index in [4.69, 9.17) is 0 Å². The van der Waals surface area contributed by atoms with Crippen molar-refractivity contribution in [1.82, 2.24) is 24.5 Å². The predicted octanol–water partition coefficient (Wildman–Crippen LogP) is 4.56. The maximum Gasteiger partial charge on any atom is 0.433 e. The Labute approximate surface area is 178 Å². The lowest BCUT2D eigenvalue weighted by atomic mass is 10.1. The van der Waals surface area contributed by atoms with E-state index in [1.165, 1.54) is 0 Å². The number of fused-ring (bicyclic) bond motifs is 1. The summed E-state index contributed by atoms with van der Waals surface area (Å²) < 4.78 is 41.8. The van der Waals surface area contributed by atoms with Crippen LogP contribution < -0.4 is 0 Å². The number of nitrogens with zero attached hydrogens (tertiary/aromatic N) is 5. The van der Waals surface area contributed by atoms with E-state index < -0.39 is 11.9 Å². The second kappa shape index (κ2) is 8.28. The summed E-state index contributed by atoms with van der Waals surface area (Å²) in [5.41, 5.74) is 1.09. The average molecular weight is 431 g/mol. The first-order valence-corrected chi connectivity index (χ1v) is 10.4. The molecule has 1 atom stereocenters. The van der Waals surface area contributed by atoms with Crippen LogP contribution in [0.2, 0.25) is 0 Å². The molecule has 31 heavy (non-hydrogen) atoms. The van der Waals surface area contributed by atoms with Gasteiger partial charge in [-0.15, -0.1) is 0 Å². The third kappa shape index (κ3) is 4.40. The Bertz CT molecular complexity index is 1080. The Morgan fingerprint density at radius 1 is 1.29 bits per heavy atom. The minimum Gasteiger partial charge on any atom is -0.334 e. The molecule has 1 amide bonds. The van der Waals surface area contributed by atoms with E-state index in [1.807, 2.05) is 12.1 Å². The molecule has 3 aromatic rings. The minimum absolute atomic E-state index is 0.0321. The SMILES string of the molecule is CC(C)c1cc(C(F)(F)F)n2nc(C3CCCN3C(=O)CCc3cccnc3)cc2n1. The number of amides is 1. The molecule has 4 heterocycles. The zero-order valence-electron chi connectivity index (χ0n) is 17.4. The second-order valence-electron chi connectivity index (χ2n) is 8.16. The quantitative estimate of drug-likeness (QED) is 0.594. The molecule has 0 N–H and O–H groups in total. The lowest BCUT2D eigenvalue weighted by Crippen LogP contribution is -2.31. The molecule has 0 bridgehead atoms. The molecule has 1 unspecified atom stereocenters. The number of carbonyl (C=O) groups is 1. The summed E-state index contributed by atoms with van der Waals surface area (Å²) >= 11 is 0. The Morgan fingerprint density at radius 2 is 2.10 bits per heavy atom. The van der Waals surface area contributed by atoms with Crippen LogP contribution in [0.5, 0.6) is 0 Å². The Kier molecular flexibility index (Phi) is 5.68. The highest BCUT2D eigenvalue weighted by molar-refractivity contribution is 5.77. The van der Waals surface area contributed by atoms with Crippen molar-refractivity contribution in [2.75, 3.05) is 6.54 Å². The smallest absolute Gasteiger partial charge is 0.334 e. The average Bonchev–Trinajstić information content (AvgIpc) is 3.37. The number of aryl methyl sites for hydroxylation is 1. The monoisotopic (exact) mass is 431 g/mol. The summed E-state index contributed by atoms with van der Waals surface area (Å²) in [5.74, 6) is -0.184. The van der Waals surface area contributed by atoms with Crippen molar-refractivity contribution in [1.29, 1.82) is 0 Å². The van der Waals surface area contributed by atoms with Crippen LogP contribution in [-0.4, -0.2) is 36.9 Å². The lowest BCUT2D eigenvalue weighted by Gasteiger charge is -2.23. The van der Waals surface area contributed by atoms with E-state index in [0.29, 0.717) is 37.2 Å². The van der Waals surface area contributed by atoms with Gasteiger partial charge in [-0.3, -0.25) is 9.78 Å². The summed E-state index contributed by atoms with van der Waals surface area (Å²) in [4.78, 5) is 23.0. The maximum absolute atomic E-state index is 13.7. The topological polar surface area (TPSA) is 63.4 Å². The molecule has 1 aliphatic heterocycles. The van der Waals surface area contributed by atoms with E-state index in [-0.39, 0.29) is 23.5 Å². The van der Waals surface area contributed by atoms with Crippen LogP contribution in [0.3, 0.4) is 0 Å². The highest BCUT2D eigenvalue weighted by Gasteiger charge is 2.37. The number of rotatable bonds is 5. The molecule has 0 aliphatic carbocycles. The zero-order chi connectivity index (χ0) is 22.2. The van der Waals surface area contributed by atoms with Gasteiger partial charge in [-0.1, -0.05) is 19.9 Å². The maximum atomic E-state index is 13.7. The van der Waals surface area contributed by atoms with Gasteiger partial charge in [-0.05, 0) is 42.9 Å². The van der Waals surface area contributed by atoms with Crippen LogP contribution in [0.25, 0.3) is 5.65 Å². The highest BCUT2D eigenvalue weighted by Crippen LogP contribution is 2.35. The fraction of sp³-hybridized carbons (Fsp3) is 0.455. The molecule has 1 saturated heterocycles. The fourth-order valence-electron chi connectivity index (χ4n) is 3.99. The predicted molar refractivity (Wildman–Crippen MR) is 108 cm³/mol. The number of carbonyl (C=O) groups excluding carboxylic acids is 1. The van der Waals surface area contributed by atoms with E-state index in [9.17, 15) is 18.0 Å². The van der Waals surface area contributed by atoms with Crippen molar-refractivity contribution >= 4 is 11.6 Å². The molecule has 6 nitrogen and oxygen atoms in total. The van der Waals surface area contributed by atoms with E-state index >= 15 is 0 Å². The first-order valence-electron chi connectivity index (χ1n) is 10.4. The molecule has 1 fully saturated rings. The van der Waals surface area contributed by atoms with Gasteiger partial charge in [-0.25, -0.2) is 9.50 Å². The Hall–Kier alpha value is -2.97. The number of likely N-dealkylation sites (tertiary alicyclic amines) is 1. The van der Waals surface area contributed by atoms with Crippen molar-refractivity contribution in [3.8, 4) is 0 Å². The highest BCUT2D eigenvalue weighted by atomic mass is 19.4. The van der Waals surface area contributed by atoms with E-state index in [2.05, 4.69) is 15.1 Å². The van der Waals surface area contributed by atoms with Gasteiger partial charge in [0.05, 0.1) is 11.7 Å². The van der Waals surface area contributed by atoms with Crippen molar-refractivity contribution in [2.45, 2.75) is 57.7 Å². The van der Waals surface area contributed by atoms with Gasteiger partial charge < -0.3 is 4.90 Å². The van der Waals surface area contributed by atoms with Crippen LogP contribution >= 0.6 is 0 Å². The molecule has 1 aliphatic rings. The number of hydrogen-bond acceptors (Lipinski definition) is 4. The first kappa shape index (κ1) is 21.3. The lowest BCUT2D eigenvalue weighted by molar-refractivity contribution is -0.142. The molecule has 9 heteroatoms. The van der Waals surface area contributed by atoms with Crippen LogP contribution in [0, 0.1) is 0 Å². The minimum atomic E-state index is -4.55. The van der Waals surface area contributed by atoms with Crippen LogP contribution in [0.4, 0.5) is 13.2 Å². The van der Waals surface area contributed by atoms with Crippen LogP contribution in [-0.2, 0) is 17.4 Å². The second-order valence-corrected chi connectivity index (χ2v) is 8.16. The molecule has 0 saturated carbocycles. The number of hydrogen-bond donors (Lipinski definition) is 0. The van der Waals surface area contributed by atoms with Gasteiger partial charge in [-0.2, -0.15) is 18.3 Å². The zero-order valence-corrected chi connectivity index (χ0v) is 17.4. The molecule has 0 aromatic carbocycles. The first-order chi connectivity index (χ1) is 14.7. The fourth-order valence-corrected chi connectivity index (χ4v) is 3.99. The molecule has 0 radical (unpaired) electrons. The van der Waals surface area contributed by atoms with Crippen molar-refractivity contribution in [2.24, 2.45) is 0 Å². The Morgan fingerprint density at radius 3 is 2.77 bits per heavy atom. The molecular weight excluding hydrogens is 407 g/mol. The van der Waals surface area contributed by atoms with Crippen molar-refractivity contribution in [3.05, 3.63) is 59.3 Å². The molecule has 4 rings (SSSR count). The van der Waals surface area contributed by atoms with Gasteiger partial charge in [0.1, 0.15) is 5.69 Å².